The molecule has 1 rings (SSSR count). The topological polar surface area (TPSA) is 34.1 Å². The summed E-state index contributed by atoms with van der Waals surface area (Å²) in [5, 5.41) is 0. The summed E-state index contributed by atoms with van der Waals surface area (Å²) in [6.07, 6.45) is 10.0. The maximum Gasteiger partial charge on any atom is 1.00 e. The van der Waals surface area contributed by atoms with Crippen molar-refractivity contribution in [1.82, 2.24) is 0 Å². The molecule has 0 fully saturated rings. The van der Waals surface area contributed by atoms with Crippen molar-refractivity contribution in [2.45, 2.75) is 6.42 Å². The average molecular weight is 226 g/mol. The Balaban J connectivity index is -0.0000000875. The van der Waals surface area contributed by atoms with Gasteiger partial charge in [-0.3, -0.25) is 6.08 Å². The van der Waals surface area contributed by atoms with E-state index in [9.17, 15) is 0 Å². The first-order valence-corrected chi connectivity index (χ1v) is 2.29. The van der Waals surface area contributed by atoms with Crippen LogP contribution in [0, 0.1) is 6.08 Å². The average Bonchev–Trinajstić information content (AvgIpc) is 2.51. The summed E-state index contributed by atoms with van der Waals surface area (Å²) in [6, 6.07) is 0. The fraction of sp³-hybridized carbons (Fsp3) is 0.143. The summed E-state index contributed by atoms with van der Waals surface area (Å²) in [6.45, 7) is 4.00. The first-order chi connectivity index (χ1) is 4.50. The van der Waals surface area contributed by atoms with Crippen LogP contribution < -0.4 is 0 Å². The van der Waals surface area contributed by atoms with Gasteiger partial charge in [0, 0.05) is 0 Å². The monoisotopic (exact) mass is 227 g/mol. The Morgan fingerprint density at radius 1 is 1.20 bits per heavy atom. The third kappa shape index (κ3) is 15.7. The molecule has 0 aromatic rings. The van der Waals surface area contributed by atoms with Crippen molar-refractivity contribution < 1.29 is 29.1 Å². The summed E-state index contributed by atoms with van der Waals surface area (Å²) in [7, 11) is 0. The minimum atomic E-state index is 0. The third-order valence-electron chi connectivity index (χ3n) is 0.586. The Hall–Kier alpha value is -0.557. The van der Waals surface area contributed by atoms with Crippen LogP contribution in [0.3, 0.4) is 0 Å². The molecular formula is C7H9O2Ru. The van der Waals surface area contributed by atoms with Crippen molar-refractivity contribution >= 4 is 13.6 Å². The quantitative estimate of drug-likeness (QED) is 0.455. The van der Waals surface area contributed by atoms with Crippen LogP contribution in [-0.2, 0) is 29.1 Å². The molecule has 0 aromatic heterocycles. The van der Waals surface area contributed by atoms with Crippen molar-refractivity contribution in [2.24, 2.45) is 0 Å². The molecule has 0 amide bonds. The van der Waals surface area contributed by atoms with Crippen LogP contribution in [0.4, 0.5) is 0 Å². The molecule has 2 nitrogen and oxygen atoms in total. The largest absolute Gasteiger partial charge is 1.00 e. The number of rotatable bonds is 0. The summed E-state index contributed by atoms with van der Waals surface area (Å²) >= 11 is 0. The van der Waals surface area contributed by atoms with Crippen LogP contribution >= 0.6 is 0 Å². The number of hydrogen-bond donors (Lipinski definition) is 0. The Morgan fingerprint density at radius 2 is 1.70 bits per heavy atom. The molecule has 0 aliphatic heterocycles. The zero-order chi connectivity index (χ0) is 7.54. The molecule has 0 saturated carbocycles. The second-order valence-electron chi connectivity index (χ2n) is 1.00. The molecule has 0 atom stereocenters. The standard InChI is InChI=1S/C5H5.2CH2O.Ru/c1-2-4-5-3-1;2*1-2;/h1-3H,4H2;2*1H2;/q-1;;;+1. The minimum Gasteiger partial charge on any atom is -0.307 e. The van der Waals surface area contributed by atoms with E-state index >= 15 is 0 Å². The molecule has 0 N–H and O–H groups in total. The molecule has 0 unspecified atom stereocenters. The van der Waals surface area contributed by atoms with Crippen LogP contribution in [0.15, 0.2) is 18.2 Å². The van der Waals surface area contributed by atoms with Crippen LogP contribution in [0.5, 0.6) is 0 Å². The maximum absolute atomic E-state index is 8.00. The first kappa shape index (κ1) is 16.2. The third-order valence-corrected chi connectivity index (χ3v) is 0.586. The van der Waals surface area contributed by atoms with Gasteiger partial charge in [0.2, 0.25) is 0 Å². The Bertz CT molecular complexity index is 87.8. The second-order valence-corrected chi connectivity index (χ2v) is 1.00. The summed E-state index contributed by atoms with van der Waals surface area (Å²) in [5.74, 6) is 0. The van der Waals surface area contributed by atoms with E-state index in [2.05, 4.69) is 12.2 Å². The molecule has 10 heavy (non-hydrogen) atoms. The SMILES string of the molecule is C=O.C=O.[C-]1=CC=CC1.[Ru+]. The smallest absolute Gasteiger partial charge is 0.307 e. The molecule has 3 heteroatoms. The summed E-state index contributed by atoms with van der Waals surface area (Å²) in [4.78, 5) is 16.0. The van der Waals surface area contributed by atoms with E-state index in [1.807, 2.05) is 25.7 Å². The van der Waals surface area contributed by atoms with E-state index in [0.717, 1.165) is 6.42 Å². The van der Waals surface area contributed by atoms with Gasteiger partial charge in [-0.2, -0.15) is 6.08 Å². The van der Waals surface area contributed by atoms with E-state index < -0.39 is 0 Å². The molecule has 0 bridgehead atoms. The van der Waals surface area contributed by atoms with Crippen molar-refractivity contribution in [3.8, 4) is 0 Å². The van der Waals surface area contributed by atoms with Gasteiger partial charge in [-0.1, -0.05) is 0 Å². The molecule has 57 valence electrons. The van der Waals surface area contributed by atoms with Crippen molar-refractivity contribution in [1.29, 1.82) is 0 Å². The van der Waals surface area contributed by atoms with Crippen LogP contribution in [0.2, 0.25) is 0 Å². The van der Waals surface area contributed by atoms with Gasteiger partial charge in [-0.05, 0) is 0 Å². The van der Waals surface area contributed by atoms with E-state index in [0.29, 0.717) is 0 Å². The van der Waals surface area contributed by atoms with Crippen LogP contribution in [-0.4, -0.2) is 13.6 Å². The molecule has 1 aliphatic carbocycles. The number of hydrogen-bond acceptors (Lipinski definition) is 2. The van der Waals surface area contributed by atoms with Crippen LogP contribution in [0.1, 0.15) is 6.42 Å². The Labute approximate surface area is 73.8 Å². The number of allylic oxidation sites excluding steroid dienone is 4. The normalized spacial score (nSPS) is 9.60. The summed E-state index contributed by atoms with van der Waals surface area (Å²) in [5.41, 5.74) is 0. The van der Waals surface area contributed by atoms with Gasteiger partial charge in [-0.15, -0.1) is 6.42 Å². The van der Waals surface area contributed by atoms with Crippen LogP contribution in [0.25, 0.3) is 0 Å². The number of carbonyl (C=O) groups is 2. The maximum atomic E-state index is 8.00. The van der Waals surface area contributed by atoms with Gasteiger partial charge >= 0.3 is 19.5 Å². The zero-order valence-electron chi connectivity index (χ0n) is 5.52. The fourth-order valence-electron chi connectivity index (χ4n) is 0.340. The summed E-state index contributed by atoms with van der Waals surface area (Å²) < 4.78 is 0. The van der Waals surface area contributed by atoms with Gasteiger partial charge in [0.25, 0.3) is 0 Å². The number of carbonyl (C=O) groups excluding carboxylic acids is 2. The Morgan fingerprint density at radius 3 is 1.80 bits per heavy atom. The van der Waals surface area contributed by atoms with Gasteiger partial charge in [-0.25, -0.2) is 12.2 Å². The van der Waals surface area contributed by atoms with E-state index in [1.165, 1.54) is 0 Å². The Kier molecular flexibility index (Phi) is 38.4. The van der Waals surface area contributed by atoms with E-state index in [4.69, 9.17) is 9.59 Å². The predicted molar refractivity (Wildman–Crippen MR) is 35.8 cm³/mol. The van der Waals surface area contributed by atoms with E-state index in [-0.39, 0.29) is 19.5 Å². The van der Waals surface area contributed by atoms with Gasteiger partial charge in [0.1, 0.15) is 13.6 Å². The van der Waals surface area contributed by atoms with Crippen molar-refractivity contribution in [2.75, 3.05) is 0 Å². The molecule has 0 aromatic carbocycles. The second kappa shape index (κ2) is 23.7. The molecular weight excluding hydrogens is 217 g/mol. The zero-order valence-corrected chi connectivity index (χ0v) is 7.26. The molecule has 0 saturated heterocycles. The van der Waals surface area contributed by atoms with Crippen molar-refractivity contribution in [3.63, 3.8) is 0 Å². The molecule has 0 spiro atoms. The van der Waals surface area contributed by atoms with Gasteiger partial charge in [0.05, 0.1) is 0 Å². The molecule has 0 heterocycles. The van der Waals surface area contributed by atoms with Gasteiger partial charge < -0.3 is 9.59 Å². The van der Waals surface area contributed by atoms with E-state index in [1.54, 1.807) is 0 Å². The van der Waals surface area contributed by atoms with Gasteiger partial charge in [0.15, 0.2) is 0 Å². The predicted octanol–water partition coefficient (Wildman–Crippen LogP) is 0.933. The minimum absolute atomic E-state index is 0. The fourth-order valence-corrected chi connectivity index (χ4v) is 0.340. The first-order valence-electron chi connectivity index (χ1n) is 2.29. The van der Waals surface area contributed by atoms with Crippen molar-refractivity contribution in [3.05, 3.63) is 24.3 Å². The molecule has 1 aliphatic rings. The molecule has 1 radical (unpaired) electrons.